The third kappa shape index (κ3) is 6.09. The van der Waals surface area contributed by atoms with Gasteiger partial charge in [-0.1, -0.05) is 49.3 Å². The predicted octanol–water partition coefficient (Wildman–Crippen LogP) is 5.00. The van der Waals surface area contributed by atoms with Crippen LogP contribution in [0.25, 0.3) is 0 Å². The normalized spacial score (nSPS) is 28.1. The molecule has 0 saturated heterocycles. The highest BCUT2D eigenvalue weighted by atomic mass is 33.1. The Morgan fingerprint density at radius 1 is 0.750 bits per heavy atom. The first-order valence-corrected chi connectivity index (χ1v) is 12.8. The first-order valence-electron chi connectivity index (χ1n) is 10.3. The zero-order valence-electron chi connectivity index (χ0n) is 18.6. The monoisotopic (exact) mass is 424 g/mol. The van der Waals surface area contributed by atoms with Gasteiger partial charge in [-0.2, -0.15) is 0 Å². The fraction of sp³-hybridized carbons (Fsp3) is 0.810. The molecule has 0 aliphatic carbocycles. The van der Waals surface area contributed by atoms with Gasteiger partial charge in [-0.15, -0.1) is 0 Å². The van der Waals surface area contributed by atoms with Gasteiger partial charge in [0.1, 0.15) is 12.1 Å². The Hall–Kier alpha value is -0.820. The summed E-state index contributed by atoms with van der Waals surface area (Å²) in [6, 6.07) is 0.601. The van der Waals surface area contributed by atoms with Crippen LogP contribution in [-0.4, -0.2) is 65.3 Å². The molecule has 0 spiro atoms. The first-order chi connectivity index (χ1) is 13.2. The van der Waals surface area contributed by atoms with Crippen LogP contribution in [0, 0.1) is 11.8 Å². The molecule has 2 aliphatic rings. The van der Waals surface area contributed by atoms with Gasteiger partial charge in [0.2, 0.25) is 5.90 Å². The van der Waals surface area contributed by atoms with Crippen LogP contribution < -0.4 is 0 Å². The van der Waals surface area contributed by atoms with Crippen molar-refractivity contribution < 1.29 is 4.74 Å². The lowest BCUT2D eigenvalue weighted by Crippen LogP contribution is -2.37. The maximum atomic E-state index is 5.79. The van der Waals surface area contributed by atoms with Gasteiger partial charge in [-0.25, -0.2) is 4.99 Å². The summed E-state index contributed by atoms with van der Waals surface area (Å²) in [5.41, 5.74) is 3.43. The molecule has 158 valence electrons. The van der Waals surface area contributed by atoms with E-state index >= 15 is 0 Å². The van der Waals surface area contributed by atoms with E-state index in [1.165, 1.54) is 0 Å². The molecule has 0 fully saturated rings. The lowest BCUT2D eigenvalue weighted by molar-refractivity contribution is 0.297. The van der Waals surface area contributed by atoms with E-state index in [0.717, 1.165) is 34.5 Å². The average Bonchev–Trinajstić information content (AvgIpc) is 2.62. The summed E-state index contributed by atoms with van der Waals surface area (Å²) in [4.78, 5) is 19.5. The van der Waals surface area contributed by atoms with E-state index in [9.17, 15) is 0 Å². The molecular weight excluding hydrogens is 388 g/mol. The maximum Gasteiger partial charge on any atom is 0.209 e. The Balaban J connectivity index is 1.88. The zero-order chi connectivity index (χ0) is 20.8. The molecule has 2 rings (SSSR count). The molecule has 0 saturated carbocycles. The Kier molecular flexibility index (Phi) is 9.06. The number of hydrogen-bond acceptors (Lipinski definition) is 7. The van der Waals surface area contributed by atoms with Gasteiger partial charge in [0.05, 0.1) is 18.7 Å². The maximum absolute atomic E-state index is 5.79. The van der Waals surface area contributed by atoms with Gasteiger partial charge in [0, 0.05) is 28.6 Å². The molecule has 2 aliphatic heterocycles. The van der Waals surface area contributed by atoms with E-state index in [1.807, 2.05) is 28.5 Å². The summed E-state index contributed by atoms with van der Waals surface area (Å²) in [6.45, 7) is 17.7. The molecule has 28 heavy (non-hydrogen) atoms. The van der Waals surface area contributed by atoms with Gasteiger partial charge in [-0.3, -0.25) is 15.0 Å². The second kappa shape index (κ2) is 10.8. The van der Waals surface area contributed by atoms with Crippen LogP contribution in [0.3, 0.4) is 0 Å². The Bertz CT molecular complexity index is 655. The van der Waals surface area contributed by atoms with Crippen LogP contribution >= 0.6 is 21.6 Å². The van der Waals surface area contributed by atoms with Gasteiger partial charge < -0.3 is 4.74 Å². The van der Waals surface area contributed by atoms with Crippen LogP contribution in [-0.2, 0) is 4.74 Å². The van der Waals surface area contributed by atoms with Crippen LogP contribution in [0.1, 0.15) is 55.4 Å². The lowest BCUT2D eigenvalue weighted by Gasteiger charge is -2.27. The molecule has 7 heteroatoms. The van der Waals surface area contributed by atoms with E-state index in [1.54, 1.807) is 0 Å². The van der Waals surface area contributed by atoms with E-state index in [-0.39, 0.29) is 24.2 Å². The lowest BCUT2D eigenvalue weighted by atomic mass is 9.98. The Morgan fingerprint density at radius 3 is 1.75 bits per heavy atom. The van der Waals surface area contributed by atoms with E-state index < -0.39 is 0 Å². The molecule has 0 radical (unpaired) electrons. The van der Waals surface area contributed by atoms with Crippen LogP contribution in [0.5, 0.6) is 0 Å². The molecule has 4 atom stereocenters. The number of aliphatic imine (C=N–C) groups is 4. The summed E-state index contributed by atoms with van der Waals surface area (Å²) >= 11 is 0. The van der Waals surface area contributed by atoms with Crippen molar-refractivity contribution in [3.63, 3.8) is 0 Å². The van der Waals surface area contributed by atoms with Crippen molar-refractivity contribution in [2.24, 2.45) is 31.8 Å². The van der Waals surface area contributed by atoms with Crippen molar-refractivity contribution in [2.45, 2.75) is 79.6 Å². The number of ether oxygens (including phenoxy) is 1. The highest BCUT2D eigenvalue weighted by Crippen LogP contribution is 2.28. The third-order valence-electron chi connectivity index (χ3n) is 5.06. The average molecular weight is 425 g/mol. The van der Waals surface area contributed by atoms with Crippen LogP contribution in [0.4, 0.5) is 0 Å². The molecule has 2 heterocycles. The molecule has 0 aromatic carbocycles. The standard InChI is InChI=1S/C21H36N4OS2/c1-9-26-21-20(13(4)5)24-15(7)18(25-21)11-28-27-10-17-14(6)23-19(12(2)3)16(8)22-17/h12-13,17-20H,9-11H2,1-8H3/t17-,18-,19+,20+/m0/s1. The topological polar surface area (TPSA) is 58.7 Å². The van der Waals surface area contributed by atoms with E-state index in [4.69, 9.17) is 24.7 Å². The molecular formula is C21H36N4OS2. The minimum absolute atomic E-state index is 0.0566. The van der Waals surface area contributed by atoms with E-state index in [0.29, 0.717) is 18.4 Å². The summed E-state index contributed by atoms with van der Waals surface area (Å²) < 4.78 is 5.79. The minimum Gasteiger partial charge on any atom is -0.480 e. The predicted molar refractivity (Wildman–Crippen MR) is 128 cm³/mol. The largest absolute Gasteiger partial charge is 0.480 e. The van der Waals surface area contributed by atoms with Crippen molar-refractivity contribution in [2.75, 3.05) is 18.1 Å². The Labute approximate surface area is 178 Å². The minimum atomic E-state index is 0.0566. The van der Waals surface area contributed by atoms with Crippen molar-refractivity contribution >= 4 is 44.6 Å². The molecule has 0 aromatic heterocycles. The second-order valence-electron chi connectivity index (χ2n) is 8.19. The molecule has 0 unspecified atom stereocenters. The van der Waals surface area contributed by atoms with Gasteiger partial charge >= 0.3 is 0 Å². The summed E-state index contributed by atoms with van der Waals surface area (Å²) in [5, 5.41) is 0. The van der Waals surface area contributed by atoms with Crippen molar-refractivity contribution in [3.05, 3.63) is 0 Å². The molecule has 5 nitrogen and oxygen atoms in total. The molecule has 0 N–H and O–H groups in total. The summed E-state index contributed by atoms with van der Waals surface area (Å²) in [5.74, 6) is 3.55. The number of nitrogens with zero attached hydrogens (tertiary/aromatic N) is 4. The van der Waals surface area contributed by atoms with E-state index in [2.05, 4.69) is 48.5 Å². The zero-order valence-corrected chi connectivity index (χ0v) is 20.2. The quantitative estimate of drug-likeness (QED) is 0.407. The van der Waals surface area contributed by atoms with Crippen LogP contribution in [0.2, 0.25) is 0 Å². The highest BCUT2D eigenvalue weighted by Gasteiger charge is 2.29. The molecule has 0 amide bonds. The second-order valence-corrected chi connectivity index (χ2v) is 10.7. The fourth-order valence-corrected chi connectivity index (χ4v) is 5.81. The van der Waals surface area contributed by atoms with Crippen molar-refractivity contribution in [1.29, 1.82) is 0 Å². The van der Waals surface area contributed by atoms with Crippen molar-refractivity contribution in [1.82, 2.24) is 0 Å². The highest BCUT2D eigenvalue weighted by molar-refractivity contribution is 8.76. The van der Waals surface area contributed by atoms with Crippen LogP contribution in [0.15, 0.2) is 20.0 Å². The Morgan fingerprint density at radius 2 is 1.25 bits per heavy atom. The molecule has 0 aromatic rings. The number of hydrogen-bond donors (Lipinski definition) is 0. The fourth-order valence-electron chi connectivity index (χ4n) is 3.38. The first kappa shape index (κ1) is 23.5. The van der Waals surface area contributed by atoms with Gasteiger partial charge in [-0.05, 0) is 39.5 Å². The number of rotatable bonds is 8. The summed E-state index contributed by atoms with van der Waals surface area (Å²) in [7, 11) is 3.70. The van der Waals surface area contributed by atoms with Gasteiger partial charge in [0.15, 0.2) is 0 Å². The van der Waals surface area contributed by atoms with Gasteiger partial charge in [0.25, 0.3) is 0 Å². The third-order valence-corrected chi connectivity index (χ3v) is 7.45. The van der Waals surface area contributed by atoms with Crippen molar-refractivity contribution in [3.8, 4) is 0 Å². The molecule has 0 bridgehead atoms. The smallest absolute Gasteiger partial charge is 0.209 e. The summed E-state index contributed by atoms with van der Waals surface area (Å²) in [6.07, 6.45) is 0. The SMILES string of the molecule is CCOC1=N[C@@H](CSSC[C@@H]2N=C(C)[C@@H](C(C)C)N=C2C)C(C)=N[C@@H]1C(C)C.